The molecular formula is C17H23ClN2S. The zero-order chi connectivity index (χ0) is 15.6. The van der Waals surface area contributed by atoms with E-state index in [1.807, 2.05) is 43.6 Å². The lowest BCUT2D eigenvalue weighted by Gasteiger charge is -2.18. The van der Waals surface area contributed by atoms with Gasteiger partial charge in [0.25, 0.3) is 0 Å². The minimum atomic E-state index is 0.216. The molecular weight excluding hydrogens is 300 g/mol. The number of thiophene rings is 1. The van der Waals surface area contributed by atoms with Gasteiger partial charge in [-0.2, -0.15) is 0 Å². The van der Waals surface area contributed by atoms with Crippen molar-refractivity contribution in [3.8, 4) is 0 Å². The standard InChI is InChI=1S/C17H23ClN2S/c1-17(2,3)16-9-7-13(21-16)11-19-14-10-12(18)6-8-15(14)20(4)5/h6-10,19H,11H2,1-5H3. The Balaban J connectivity index is 2.13. The molecule has 4 heteroatoms. The van der Waals surface area contributed by atoms with Gasteiger partial charge in [-0.1, -0.05) is 32.4 Å². The van der Waals surface area contributed by atoms with E-state index in [0.29, 0.717) is 0 Å². The maximum atomic E-state index is 6.11. The summed E-state index contributed by atoms with van der Waals surface area (Å²) < 4.78 is 0. The van der Waals surface area contributed by atoms with E-state index in [9.17, 15) is 0 Å². The monoisotopic (exact) mass is 322 g/mol. The van der Waals surface area contributed by atoms with Gasteiger partial charge in [0.05, 0.1) is 11.4 Å². The molecule has 1 heterocycles. The Hall–Kier alpha value is -1.19. The van der Waals surface area contributed by atoms with Crippen LogP contribution in [-0.2, 0) is 12.0 Å². The summed E-state index contributed by atoms with van der Waals surface area (Å²) >= 11 is 7.98. The van der Waals surface area contributed by atoms with Crippen molar-refractivity contribution in [3.63, 3.8) is 0 Å². The highest BCUT2D eigenvalue weighted by Crippen LogP contribution is 2.31. The predicted octanol–water partition coefficient (Wildman–Crippen LogP) is 5.38. The highest BCUT2D eigenvalue weighted by atomic mass is 35.5. The van der Waals surface area contributed by atoms with Crippen molar-refractivity contribution in [1.29, 1.82) is 0 Å². The number of hydrogen-bond donors (Lipinski definition) is 1. The number of hydrogen-bond acceptors (Lipinski definition) is 3. The topological polar surface area (TPSA) is 15.3 Å². The second-order valence-corrected chi connectivity index (χ2v) is 8.03. The van der Waals surface area contributed by atoms with E-state index in [1.54, 1.807) is 0 Å². The lowest BCUT2D eigenvalue weighted by Crippen LogP contribution is -2.12. The molecule has 0 amide bonds. The Morgan fingerprint density at radius 1 is 1.14 bits per heavy atom. The molecule has 0 spiro atoms. The van der Waals surface area contributed by atoms with Crippen molar-refractivity contribution in [3.05, 3.63) is 45.1 Å². The summed E-state index contributed by atoms with van der Waals surface area (Å²) in [6.07, 6.45) is 0. The quantitative estimate of drug-likeness (QED) is 0.813. The lowest BCUT2D eigenvalue weighted by molar-refractivity contribution is 0.604. The Kier molecular flexibility index (Phi) is 4.84. The molecule has 0 atom stereocenters. The van der Waals surface area contributed by atoms with Crippen LogP contribution in [0.25, 0.3) is 0 Å². The molecule has 0 bridgehead atoms. The van der Waals surface area contributed by atoms with Crippen molar-refractivity contribution >= 4 is 34.3 Å². The van der Waals surface area contributed by atoms with E-state index >= 15 is 0 Å². The minimum Gasteiger partial charge on any atom is -0.378 e. The second-order valence-electron chi connectivity index (χ2n) is 6.43. The van der Waals surface area contributed by atoms with Gasteiger partial charge in [0.1, 0.15) is 0 Å². The van der Waals surface area contributed by atoms with Crippen LogP contribution in [0, 0.1) is 0 Å². The van der Waals surface area contributed by atoms with Crippen LogP contribution in [0.2, 0.25) is 5.02 Å². The van der Waals surface area contributed by atoms with Crippen LogP contribution >= 0.6 is 22.9 Å². The van der Waals surface area contributed by atoms with Crippen LogP contribution in [0.5, 0.6) is 0 Å². The molecule has 0 saturated carbocycles. The fourth-order valence-corrected chi connectivity index (χ4v) is 3.28. The van der Waals surface area contributed by atoms with E-state index in [1.165, 1.54) is 9.75 Å². The number of nitrogens with zero attached hydrogens (tertiary/aromatic N) is 1. The first-order valence-corrected chi connectivity index (χ1v) is 8.27. The summed E-state index contributed by atoms with van der Waals surface area (Å²) in [5, 5.41) is 4.26. The van der Waals surface area contributed by atoms with Crippen molar-refractivity contribution in [2.24, 2.45) is 0 Å². The summed E-state index contributed by atoms with van der Waals surface area (Å²) in [6.45, 7) is 7.56. The van der Waals surface area contributed by atoms with Gasteiger partial charge < -0.3 is 10.2 Å². The summed E-state index contributed by atoms with van der Waals surface area (Å²) in [4.78, 5) is 4.84. The van der Waals surface area contributed by atoms with Crippen molar-refractivity contribution in [1.82, 2.24) is 0 Å². The molecule has 0 fully saturated rings. The van der Waals surface area contributed by atoms with Crippen LogP contribution in [0.4, 0.5) is 11.4 Å². The number of benzene rings is 1. The average molecular weight is 323 g/mol. The summed E-state index contributed by atoms with van der Waals surface area (Å²) in [5.74, 6) is 0. The molecule has 0 aliphatic carbocycles. The first-order chi connectivity index (χ1) is 9.77. The minimum absolute atomic E-state index is 0.216. The van der Waals surface area contributed by atoms with E-state index in [0.717, 1.165) is 22.9 Å². The van der Waals surface area contributed by atoms with Crippen molar-refractivity contribution in [2.75, 3.05) is 24.3 Å². The Labute approximate surface area is 136 Å². The molecule has 1 N–H and O–H groups in total. The Bertz CT molecular complexity index is 611. The lowest BCUT2D eigenvalue weighted by atomic mass is 9.95. The fraction of sp³-hybridized carbons (Fsp3) is 0.412. The molecule has 2 rings (SSSR count). The van der Waals surface area contributed by atoms with E-state index in [2.05, 4.69) is 43.1 Å². The van der Waals surface area contributed by atoms with Crippen LogP contribution in [0.1, 0.15) is 30.5 Å². The first kappa shape index (κ1) is 16.2. The highest BCUT2D eigenvalue weighted by molar-refractivity contribution is 7.12. The molecule has 2 nitrogen and oxygen atoms in total. The number of anilines is 2. The average Bonchev–Trinajstić information content (AvgIpc) is 2.84. The maximum Gasteiger partial charge on any atom is 0.0597 e. The van der Waals surface area contributed by atoms with Crippen LogP contribution < -0.4 is 10.2 Å². The van der Waals surface area contributed by atoms with Gasteiger partial charge in [0.15, 0.2) is 0 Å². The van der Waals surface area contributed by atoms with Gasteiger partial charge >= 0.3 is 0 Å². The molecule has 114 valence electrons. The second kappa shape index (κ2) is 6.29. The van der Waals surface area contributed by atoms with Gasteiger partial charge in [-0.15, -0.1) is 11.3 Å². The molecule has 1 aromatic carbocycles. The zero-order valence-electron chi connectivity index (χ0n) is 13.3. The molecule has 0 saturated heterocycles. The zero-order valence-corrected chi connectivity index (χ0v) is 14.9. The summed E-state index contributed by atoms with van der Waals surface area (Å²) in [6, 6.07) is 10.4. The SMILES string of the molecule is CN(C)c1ccc(Cl)cc1NCc1ccc(C(C)(C)C)s1. The van der Waals surface area contributed by atoms with Crippen molar-refractivity contribution in [2.45, 2.75) is 32.7 Å². The molecule has 0 radical (unpaired) electrons. The van der Waals surface area contributed by atoms with E-state index in [-0.39, 0.29) is 5.41 Å². The van der Waals surface area contributed by atoms with Gasteiger partial charge in [-0.3, -0.25) is 0 Å². The van der Waals surface area contributed by atoms with E-state index in [4.69, 9.17) is 11.6 Å². The van der Waals surface area contributed by atoms with Crippen LogP contribution in [0.3, 0.4) is 0 Å². The summed E-state index contributed by atoms with van der Waals surface area (Å²) in [7, 11) is 4.08. The van der Waals surface area contributed by atoms with E-state index < -0.39 is 0 Å². The van der Waals surface area contributed by atoms with Crippen LogP contribution in [-0.4, -0.2) is 14.1 Å². The normalized spacial score (nSPS) is 11.5. The van der Waals surface area contributed by atoms with Crippen molar-refractivity contribution < 1.29 is 0 Å². The van der Waals surface area contributed by atoms with Gasteiger partial charge in [-0.05, 0) is 35.7 Å². The molecule has 21 heavy (non-hydrogen) atoms. The molecule has 0 aliphatic heterocycles. The largest absolute Gasteiger partial charge is 0.378 e. The third-order valence-electron chi connectivity index (χ3n) is 3.29. The first-order valence-electron chi connectivity index (χ1n) is 7.07. The Morgan fingerprint density at radius 3 is 2.43 bits per heavy atom. The number of nitrogens with one attached hydrogen (secondary N) is 1. The third-order valence-corrected chi connectivity index (χ3v) is 5.04. The maximum absolute atomic E-state index is 6.11. The highest BCUT2D eigenvalue weighted by Gasteiger charge is 2.16. The molecule has 2 aromatic rings. The number of halogens is 1. The van der Waals surface area contributed by atoms with Crippen LogP contribution in [0.15, 0.2) is 30.3 Å². The smallest absolute Gasteiger partial charge is 0.0597 e. The Morgan fingerprint density at radius 2 is 1.86 bits per heavy atom. The third kappa shape index (κ3) is 4.14. The molecule has 1 aromatic heterocycles. The van der Waals surface area contributed by atoms with Gasteiger partial charge in [-0.25, -0.2) is 0 Å². The number of rotatable bonds is 4. The molecule has 0 unspecified atom stereocenters. The van der Waals surface area contributed by atoms with Gasteiger partial charge in [0.2, 0.25) is 0 Å². The fourth-order valence-electron chi connectivity index (χ4n) is 2.10. The predicted molar refractivity (Wildman–Crippen MR) is 96.1 cm³/mol. The molecule has 0 aliphatic rings. The summed E-state index contributed by atoms with van der Waals surface area (Å²) in [5.41, 5.74) is 2.43. The van der Waals surface area contributed by atoms with Gasteiger partial charge in [0, 0.05) is 35.4 Å².